The summed E-state index contributed by atoms with van der Waals surface area (Å²) >= 11 is 3.17. The van der Waals surface area contributed by atoms with Crippen molar-refractivity contribution in [3.63, 3.8) is 0 Å². The minimum atomic E-state index is -0.423. The maximum absolute atomic E-state index is 13.1. The van der Waals surface area contributed by atoms with Gasteiger partial charge in [0.15, 0.2) is 0 Å². The summed E-state index contributed by atoms with van der Waals surface area (Å²) in [5, 5.41) is 9.65. The highest BCUT2D eigenvalue weighted by molar-refractivity contribution is 9.10. The van der Waals surface area contributed by atoms with Gasteiger partial charge < -0.3 is 5.11 Å². The number of rotatable bonds is 3. The molecule has 0 heterocycles. The smallest absolute Gasteiger partial charge is 0.137 e. The molecule has 0 saturated carbocycles. The van der Waals surface area contributed by atoms with Crippen molar-refractivity contribution < 1.29 is 9.50 Å². The number of hydrogen-bond donors (Lipinski definition) is 1. The standard InChI is InChI=1S/C11H14BrFO/c1-7(2)10(14)6-8-4-3-5-9(13)11(8)12/h3-5,7,10,14H,6H2,1-2H3. The van der Waals surface area contributed by atoms with Gasteiger partial charge in [0, 0.05) is 0 Å². The van der Waals surface area contributed by atoms with Crippen molar-refractivity contribution in [2.24, 2.45) is 5.92 Å². The lowest BCUT2D eigenvalue weighted by Gasteiger charge is -2.15. The van der Waals surface area contributed by atoms with Crippen molar-refractivity contribution in [2.45, 2.75) is 26.4 Å². The van der Waals surface area contributed by atoms with Gasteiger partial charge in [-0.25, -0.2) is 4.39 Å². The predicted molar refractivity (Wildman–Crippen MR) is 58.6 cm³/mol. The summed E-state index contributed by atoms with van der Waals surface area (Å²) in [6.07, 6.45) is 0.0591. The van der Waals surface area contributed by atoms with E-state index in [1.54, 1.807) is 6.07 Å². The molecule has 1 aromatic rings. The van der Waals surface area contributed by atoms with E-state index in [4.69, 9.17) is 0 Å². The van der Waals surface area contributed by atoms with Gasteiger partial charge >= 0.3 is 0 Å². The Labute approximate surface area is 92.1 Å². The van der Waals surface area contributed by atoms with E-state index >= 15 is 0 Å². The Bertz CT molecular complexity index is 312. The highest BCUT2D eigenvalue weighted by Gasteiger charge is 2.13. The normalized spacial score (nSPS) is 13.3. The van der Waals surface area contributed by atoms with Crippen LogP contribution in [0.5, 0.6) is 0 Å². The van der Waals surface area contributed by atoms with Gasteiger partial charge in [0.05, 0.1) is 10.6 Å². The summed E-state index contributed by atoms with van der Waals surface area (Å²) < 4.78 is 13.6. The van der Waals surface area contributed by atoms with Crippen LogP contribution in [0.15, 0.2) is 22.7 Å². The number of aliphatic hydroxyl groups is 1. The number of halogens is 2. The molecule has 1 N–H and O–H groups in total. The van der Waals surface area contributed by atoms with E-state index < -0.39 is 6.10 Å². The zero-order valence-electron chi connectivity index (χ0n) is 8.30. The highest BCUT2D eigenvalue weighted by atomic mass is 79.9. The first-order valence-electron chi connectivity index (χ1n) is 4.63. The van der Waals surface area contributed by atoms with E-state index in [-0.39, 0.29) is 11.7 Å². The number of aliphatic hydroxyl groups excluding tert-OH is 1. The van der Waals surface area contributed by atoms with Crippen LogP contribution in [0.25, 0.3) is 0 Å². The lowest BCUT2D eigenvalue weighted by molar-refractivity contribution is 0.125. The molecule has 14 heavy (non-hydrogen) atoms. The number of hydrogen-bond acceptors (Lipinski definition) is 1. The first-order valence-corrected chi connectivity index (χ1v) is 5.42. The minimum absolute atomic E-state index is 0.185. The number of benzene rings is 1. The summed E-state index contributed by atoms with van der Waals surface area (Å²) in [5.41, 5.74) is 0.811. The molecule has 0 radical (unpaired) electrons. The van der Waals surface area contributed by atoms with Crippen molar-refractivity contribution in [2.75, 3.05) is 0 Å². The Balaban J connectivity index is 2.82. The van der Waals surface area contributed by atoms with Gasteiger partial charge in [-0.15, -0.1) is 0 Å². The molecule has 1 nitrogen and oxygen atoms in total. The second-order valence-corrected chi connectivity index (χ2v) is 4.52. The quantitative estimate of drug-likeness (QED) is 0.886. The molecule has 1 unspecified atom stereocenters. The zero-order chi connectivity index (χ0) is 10.7. The van der Waals surface area contributed by atoms with Gasteiger partial charge in [-0.1, -0.05) is 26.0 Å². The Morgan fingerprint density at radius 3 is 2.64 bits per heavy atom. The molecule has 1 rings (SSSR count). The Morgan fingerprint density at radius 1 is 1.43 bits per heavy atom. The minimum Gasteiger partial charge on any atom is -0.393 e. The molecule has 78 valence electrons. The van der Waals surface area contributed by atoms with Crippen LogP contribution in [-0.4, -0.2) is 11.2 Å². The first kappa shape index (κ1) is 11.7. The molecule has 0 aliphatic rings. The van der Waals surface area contributed by atoms with Gasteiger partial charge in [0.25, 0.3) is 0 Å². The summed E-state index contributed by atoms with van der Waals surface area (Å²) in [4.78, 5) is 0. The van der Waals surface area contributed by atoms with Crippen LogP contribution >= 0.6 is 15.9 Å². The monoisotopic (exact) mass is 260 g/mol. The van der Waals surface area contributed by atoms with Gasteiger partial charge in [-0.2, -0.15) is 0 Å². The van der Waals surface area contributed by atoms with Gasteiger partial charge in [0.2, 0.25) is 0 Å². The molecule has 0 aliphatic heterocycles. The molecule has 0 saturated heterocycles. The predicted octanol–water partition coefficient (Wildman–Crippen LogP) is 3.15. The molecule has 1 atom stereocenters. The van der Waals surface area contributed by atoms with Crippen molar-refractivity contribution >= 4 is 15.9 Å². The fourth-order valence-corrected chi connectivity index (χ4v) is 1.59. The van der Waals surface area contributed by atoms with Crippen molar-refractivity contribution in [1.29, 1.82) is 0 Å². The van der Waals surface area contributed by atoms with Crippen LogP contribution in [0.1, 0.15) is 19.4 Å². The molecule has 0 aromatic heterocycles. The van der Waals surface area contributed by atoms with E-state index in [0.717, 1.165) is 5.56 Å². The molecule has 3 heteroatoms. The Kier molecular flexibility index (Phi) is 4.08. The van der Waals surface area contributed by atoms with Crippen molar-refractivity contribution in [3.05, 3.63) is 34.1 Å². The first-order chi connectivity index (χ1) is 6.52. The molecule has 0 amide bonds. The second kappa shape index (κ2) is 4.89. The molecule has 0 spiro atoms. The van der Waals surface area contributed by atoms with Gasteiger partial charge in [0.1, 0.15) is 5.82 Å². The molecular weight excluding hydrogens is 247 g/mol. The fourth-order valence-electron chi connectivity index (χ4n) is 1.17. The van der Waals surface area contributed by atoms with Gasteiger partial charge in [-0.05, 0) is 39.9 Å². The third-order valence-electron chi connectivity index (χ3n) is 2.23. The van der Waals surface area contributed by atoms with Crippen LogP contribution < -0.4 is 0 Å². The third-order valence-corrected chi connectivity index (χ3v) is 3.12. The highest BCUT2D eigenvalue weighted by Crippen LogP contribution is 2.22. The summed E-state index contributed by atoms with van der Waals surface area (Å²) in [6, 6.07) is 4.87. The van der Waals surface area contributed by atoms with E-state index in [0.29, 0.717) is 10.9 Å². The molecule has 0 aliphatic carbocycles. The average molecular weight is 261 g/mol. The van der Waals surface area contributed by atoms with Crippen LogP contribution in [0.4, 0.5) is 4.39 Å². The SMILES string of the molecule is CC(C)C(O)Cc1cccc(F)c1Br. The third kappa shape index (κ3) is 2.79. The van der Waals surface area contributed by atoms with Crippen LogP contribution in [0.2, 0.25) is 0 Å². The average Bonchev–Trinajstić information content (AvgIpc) is 2.12. The summed E-state index contributed by atoms with van der Waals surface area (Å²) in [7, 11) is 0. The van der Waals surface area contributed by atoms with E-state index in [1.165, 1.54) is 6.07 Å². The summed E-state index contributed by atoms with van der Waals surface area (Å²) in [5.74, 6) is -0.0939. The Morgan fingerprint density at radius 2 is 2.07 bits per heavy atom. The van der Waals surface area contributed by atoms with Gasteiger partial charge in [-0.3, -0.25) is 0 Å². The van der Waals surface area contributed by atoms with E-state index in [1.807, 2.05) is 19.9 Å². The fraction of sp³-hybridized carbons (Fsp3) is 0.455. The van der Waals surface area contributed by atoms with Crippen LogP contribution in [0, 0.1) is 11.7 Å². The maximum Gasteiger partial charge on any atom is 0.137 e. The second-order valence-electron chi connectivity index (χ2n) is 3.73. The molecule has 0 bridgehead atoms. The lowest BCUT2D eigenvalue weighted by Crippen LogP contribution is -2.17. The van der Waals surface area contributed by atoms with E-state index in [2.05, 4.69) is 15.9 Å². The molecule has 0 fully saturated rings. The topological polar surface area (TPSA) is 20.2 Å². The van der Waals surface area contributed by atoms with Crippen molar-refractivity contribution in [3.8, 4) is 0 Å². The maximum atomic E-state index is 13.1. The lowest BCUT2D eigenvalue weighted by atomic mass is 9.99. The molecule has 1 aromatic carbocycles. The van der Waals surface area contributed by atoms with Crippen molar-refractivity contribution in [1.82, 2.24) is 0 Å². The zero-order valence-corrected chi connectivity index (χ0v) is 9.88. The summed E-state index contributed by atoms with van der Waals surface area (Å²) in [6.45, 7) is 3.88. The molecular formula is C11H14BrFO. The largest absolute Gasteiger partial charge is 0.393 e. The van der Waals surface area contributed by atoms with Crippen LogP contribution in [0.3, 0.4) is 0 Å². The Hall–Kier alpha value is -0.410. The van der Waals surface area contributed by atoms with Crippen LogP contribution in [-0.2, 0) is 6.42 Å². The van der Waals surface area contributed by atoms with E-state index in [9.17, 15) is 9.50 Å².